The molecule has 3 heterocycles. The predicted octanol–water partition coefficient (Wildman–Crippen LogP) is 17.1. The van der Waals surface area contributed by atoms with Gasteiger partial charge >= 0.3 is 0 Å². The molecule has 0 unspecified atom stereocenters. The SMILES string of the molecule is c1ccc(-c2ccc3c(c2)oc2c(-c4ccccc4)ccc(N(c4cccc(-n5c6ccccc6c6ccccc65)c4)c4cccc5c4oc4c(-c6ccccc6)cccc45)c23)cc1. The van der Waals surface area contributed by atoms with Crippen LogP contribution in [0.25, 0.3) is 105 Å². The topological polar surface area (TPSA) is 34.5 Å². The van der Waals surface area contributed by atoms with Crippen molar-refractivity contribution in [2.24, 2.45) is 0 Å². The summed E-state index contributed by atoms with van der Waals surface area (Å²) in [4.78, 5) is 2.38. The number of benzene rings is 10. The van der Waals surface area contributed by atoms with Crippen LogP contribution in [0.3, 0.4) is 0 Å². The van der Waals surface area contributed by atoms with Crippen LogP contribution in [0.4, 0.5) is 17.1 Å². The lowest BCUT2D eigenvalue weighted by Crippen LogP contribution is -2.11. The fraction of sp³-hybridized carbons (Fsp3) is 0. The molecule has 10 aromatic carbocycles. The van der Waals surface area contributed by atoms with Crippen LogP contribution in [0.1, 0.15) is 0 Å². The first-order valence-corrected chi connectivity index (χ1v) is 21.8. The molecule has 0 saturated carbocycles. The molecule has 0 N–H and O–H groups in total. The fourth-order valence-corrected chi connectivity index (χ4v) is 9.91. The largest absolute Gasteiger partial charge is 0.455 e. The second kappa shape index (κ2) is 14.5. The van der Waals surface area contributed by atoms with Crippen molar-refractivity contribution in [3.8, 4) is 39.1 Å². The van der Waals surface area contributed by atoms with Gasteiger partial charge in [-0.2, -0.15) is 0 Å². The zero-order valence-electron chi connectivity index (χ0n) is 34.7. The minimum Gasteiger partial charge on any atom is -0.455 e. The number of hydrogen-bond acceptors (Lipinski definition) is 3. The Balaban J connectivity index is 1.12. The van der Waals surface area contributed by atoms with Crippen molar-refractivity contribution in [3.63, 3.8) is 0 Å². The number of hydrogen-bond donors (Lipinski definition) is 0. The molecule has 64 heavy (non-hydrogen) atoms. The van der Waals surface area contributed by atoms with Crippen molar-refractivity contribution < 1.29 is 8.83 Å². The summed E-state index contributed by atoms with van der Waals surface area (Å²) in [5.41, 5.74) is 16.1. The Hall–Kier alpha value is -8.60. The van der Waals surface area contributed by atoms with Crippen LogP contribution in [0, 0.1) is 0 Å². The number of fused-ring (bicyclic) bond motifs is 9. The van der Waals surface area contributed by atoms with Gasteiger partial charge in [-0.15, -0.1) is 0 Å². The average Bonchev–Trinajstić information content (AvgIpc) is 4.05. The van der Waals surface area contributed by atoms with Gasteiger partial charge in [0.15, 0.2) is 5.58 Å². The molecule has 0 aliphatic heterocycles. The van der Waals surface area contributed by atoms with Crippen LogP contribution < -0.4 is 4.90 Å². The molecule has 0 aliphatic rings. The zero-order chi connectivity index (χ0) is 42.1. The highest BCUT2D eigenvalue weighted by molar-refractivity contribution is 6.20. The molecule has 0 radical (unpaired) electrons. The lowest BCUT2D eigenvalue weighted by atomic mass is 9.98. The summed E-state index contributed by atoms with van der Waals surface area (Å²) in [6.07, 6.45) is 0. The molecule has 0 amide bonds. The van der Waals surface area contributed by atoms with Crippen LogP contribution in [-0.2, 0) is 0 Å². The highest BCUT2D eigenvalue weighted by atomic mass is 16.3. The zero-order valence-corrected chi connectivity index (χ0v) is 34.7. The normalized spacial score (nSPS) is 11.8. The Bertz CT molecular complexity index is 3840. The van der Waals surface area contributed by atoms with Gasteiger partial charge in [0.1, 0.15) is 16.7 Å². The summed E-state index contributed by atoms with van der Waals surface area (Å²) in [6.45, 7) is 0. The molecule has 300 valence electrons. The maximum atomic E-state index is 7.18. The number of para-hydroxylation sites is 4. The highest BCUT2D eigenvalue weighted by Gasteiger charge is 2.26. The quantitative estimate of drug-likeness (QED) is 0.161. The minimum absolute atomic E-state index is 0.808. The summed E-state index contributed by atoms with van der Waals surface area (Å²) >= 11 is 0. The van der Waals surface area contributed by atoms with E-state index in [1.807, 2.05) is 0 Å². The molecular weight excluding hydrogens is 781 g/mol. The van der Waals surface area contributed by atoms with Gasteiger partial charge in [-0.1, -0.05) is 170 Å². The Morgan fingerprint density at radius 1 is 0.328 bits per heavy atom. The van der Waals surface area contributed by atoms with Gasteiger partial charge in [0.05, 0.1) is 27.8 Å². The Morgan fingerprint density at radius 3 is 1.61 bits per heavy atom. The smallest absolute Gasteiger partial charge is 0.159 e. The van der Waals surface area contributed by atoms with Gasteiger partial charge in [-0.05, 0) is 82.9 Å². The highest BCUT2D eigenvalue weighted by Crippen LogP contribution is 2.50. The first kappa shape index (κ1) is 36.1. The standard InChI is InChI=1S/C60H38N2O2/c1-4-17-39(18-5-1)42-33-34-51-56(37-42)63-60-46(41-21-8-3-9-22-41)35-36-54(57(51)60)62(44-24-14-23-43(38-44)61-52-30-12-10-25-47(52)48-26-11-13-31-53(48)61)55-32-16-29-50-49-28-15-27-45(58(49)64-59(50)55)40-19-6-2-7-20-40/h1-38H. The molecule has 0 spiro atoms. The summed E-state index contributed by atoms with van der Waals surface area (Å²) in [5, 5.41) is 6.63. The predicted molar refractivity (Wildman–Crippen MR) is 266 cm³/mol. The molecule has 0 fully saturated rings. The van der Waals surface area contributed by atoms with E-state index in [1.165, 1.54) is 10.8 Å². The molecule has 3 aromatic heterocycles. The van der Waals surface area contributed by atoms with Crippen LogP contribution in [0.5, 0.6) is 0 Å². The van der Waals surface area contributed by atoms with E-state index in [0.717, 1.165) is 111 Å². The number of rotatable bonds is 7. The lowest BCUT2D eigenvalue weighted by Gasteiger charge is -2.27. The first-order valence-electron chi connectivity index (χ1n) is 21.8. The fourth-order valence-electron chi connectivity index (χ4n) is 9.91. The Labute approximate surface area is 369 Å². The Morgan fingerprint density at radius 2 is 0.906 bits per heavy atom. The third-order valence-electron chi connectivity index (χ3n) is 12.8. The molecule has 0 bridgehead atoms. The molecule has 0 saturated heterocycles. The van der Waals surface area contributed by atoms with E-state index >= 15 is 0 Å². The third kappa shape index (κ3) is 5.63. The van der Waals surface area contributed by atoms with Crippen LogP contribution in [-0.4, -0.2) is 4.57 Å². The van der Waals surface area contributed by atoms with E-state index in [-0.39, 0.29) is 0 Å². The van der Waals surface area contributed by atoms with Gasteiger partial charge in [0, 0.05) is 49.4 Å². The van der Waals surface area contributed by atoms with E-state index < -0.39 is 0 Å². The molecule has 0 atom stereocenters. The molecule has 13 rings (SSSR count). The second-order valence-corrected chi connectivity index (χ2v) is 16.4. The number of nitrogens with zero attached hydrogens (tertiary/aromatic N) is 2. The molecule has 13 aromatic rings. The summed E-state index contributed by atoms with van der Waals surface area (Å²) in [6, 6.07) is 81.9. The summed E-state index contributed by atoms with van der Waals surface area (Å²) < 4.78 is 16.6. The van der Waals surface area contributed by atoms with Crippen LogP contribution in [0.2, 0.25) is 0 Å². The van der Waals surface area contributed by atoms with Gasteiger partial charge < -0.3 is 18.3 Å². The summed E-state index contributed by atoms with van der Waals surface area (Å²) in [7, 11) is 0. The number of furan rings is 2. The van der Waals surface area contributed by atoms with E-state index in [4.69, 9.17) is 8.83 Å². The summed E-state index contributed by atoms with van der Waals surface area (Å²) in [5.74, 6) is 0. The van der Waals surface area contributed by atoms with Crippen molar-refractivity contribution in [3.05, 3.63) is 231 Å². The number of anilines is 3. The molecule has 4 heteroatoms. The van der Waals surface area contributed by atoms with Crippen molar-refractivity contribution >= 4 is 82.7 Å². The maximum absolute atomic E-state index is 7.18. The van der Waals surface area contributed by atoms with Gasteiger partial charge in [-0.3, -0.25) is 0 Å². The van der Waals surface area contributed by atoms with Crippen molar-refractivity contribution in [2.75, 3.05) is 4.90 Å². The van der Waals surface area contributed by atoms with Crippen molar-refractivity contribution in [1.29, 1.82) is 0 Å². The van der Waals surface area contributed by atoms with Crippen molar-refractivity contribution in [1.82, 2.24) is 4.57 Å². The number of aromatic nitrogens is 1. The molecule has 0 aliphatic carbocycles. The monoisotopic (exact) mass is 818 g/mol. The van der Waals surface area contributed by atoms with Gasteiger partial charge in [-0.25, -0.2) is 0 Å². The molecular formula is C60H38N2O2. The van der Waals surface area contributed by atoms with Gasteiger partial charge in [0.2, 0.25) is 0 Å². The van der Waals surface area contributed by atoms with E-state index in [0.29, 0.717) is 0 Å². The van der Waals surface area contributed by atoms with E-state index in [1.54, 1.807) is 0 Å². The van der Waals surface area contributed by atoms with Crippen LogP contribution in [0.15, 0.2) is 239 Å². The third-order valence-corrected chi connectivity index (χ3v) is 12.8. The van der Waals surface area contributed by atoms with Crippen LogP contribution >= 0.6 is 0 Å². The van der Waals surface area contributed by atoms with Gasteiger partial charge in [0.25, 0.3) is 0 Å². The molecule has 4 nitrogen and oxygen atoms in total. The average molecular weight is 819 g/mol. The Kier molecular flexibility index (Phi) is 8.18. The first-order chi connectivity index (χ1) is 31.8. The minimum atomic E-state index is 0.808. The van der Waals surface area contributed by atoms with E-state index in [9.17, 15) is 0 Å². The van der Waals surface area contributed by atoms with E-state index in [2.05, 4.69) is 240 Å². The van der Waals surface area contributed by atoms with Crippen molar-refractivity contribution in [2.45, 2.75) is 0 Å². The maximum Gasteiger partial charge on any atom is 0.159 e. The second-order valence-electron chi connectivity index (χ2n) is 16.4. The lowest BCUT2D eigenvalue weighted by molar-refractivity contribution is 0.669.